The standard InChI is InChI=1S/C14H17BrF2O/c15-12-4-2-1-3-11(12)9-13(18)10-5-7-14(16,17)8-6-10/h1-4,10,13,18H,5-9H2. The molecular formula is C14H17BrF2O. The third-order valence-electron chi connectivity index (χ3n) is 3.69. The highest BCUT2D eigenvalue weighted by atomic mass is 79.9. The SMILES string of the molecule is OC(Cc1ccccc1Br)C1CCC(F)(F)CC1. The second-order valence-electron chi connectivity index (χ2n) is 5.06. The predicted octanol–water partition coefficient (Wildman–Crippen LogP) is 4.18. The Bertz CT molecular complexity index is 399. The highest BCUT2D eigenvalue weighted by Crippen LogP contribution is 2.38. The zero-order chi connectivity index (χ0) is 13.2. The van der Waals surface area contributed by atoms with Crippen LogP contribution in [0.4, 0.5) is 8.78 Å². The van der Waals surface area contributed by atoms with Crippen LogP contribution in [-0.4, -0.2) is 17.1 Å². The van der Waals surface area contributed by atoms with E-state index in [1.807, 2.05) is 24.3 Å². The van der Waals surface area contributed by atoms with E-state index in [4.69, 9.17) is 0 Å². The number of benzene rings is 1. The molecule has 4 heteroatoms. The molecule has 1 atom stereocenters. The summed E-state index contributed by atoms with van der Waals surface area (Å²) in [6.45, 7) is 0. The van der Waals surface area contributed by atoms with Crippen LogP contribution in [0.25, 0.3) is 0 Å². The van der Waals surface area contributed by atoms with Crippen LogP contribution in [-0.2, 0) is 6.42 Å². The number of hydrogen-bond donors (Lipinski definition) is 1. The van der Waals surface area contributed by atoms with E-state index in [2.05, 4.69) is 15.9 Å². The van der Waals surface area contributed by atoms with Gasteiger partial charge >= 0.3 is 0 Å². The number of halogens is 3. The Morgan fingerprint density at radius 1 is 1.28 bits per heavy atom. The first-order valence-electron chi connectivity index (χ1n) is 6.27. The zero-order valence-corrected chi connectivity index (χ0v) is 11.7. The summed E-state index contributed by atoms with van der Waals surface area (Å²) >= 11 is 3.44. The minimum absolute atomic E-state index is 0.00303. The number of hydrogen-bond acceptors (Lipinski definition) is 1. The van der Waals surface area contributed by atoms with Gasteiger partial charge in [0.1, 0.15) is 0 Å². The van der Waals surface area contributed by atoms with Crippen LogP contribution >= 0.6 is 15.9 Å². The van der Waals surface area contributed by atoms with Crippen molar-refractivity contribution in [1.29, 1.82) is 0 Å². The highest BCUT2D eigenvalue weighted by Gasteiger charge is 2.37. The molecule has 0 amide bonds. The molecule has 1 fully saturated rings. The largest absolute Gasteiger partial charge is 0.392 e. The lowest BCUT2D eigenvalue weighted by molar-refractivity contribution is -0.0619. The van der Waals surface area contributed by atoms with Crippen molar-refractivity contribution in [3.8, 4) is 0 Å². The summed E-state index contributed by atoms with van der Waals surface area (Å²) in [7, 11) is 0. The molecule has 2 rings (SSSR count). The van der Waals surface area contributed by atoms with Gasteiger partial charge in [-0.15, -0.1) is 0 Å². The van der Waals surface area contributed by atoms with Gasteiger partial charge in [-0.25, -0.2) is 8.78 Å². The highest BCUT2D eigenvalue weighted by molar-refractivity contribution is 9.10. The minimum atomic E-state index is -2.52. The third-order valence-corrected chi connectivity index (χ3v) is 4.47. The zero-order valence-electron chi connectivity index (χ0n) is 10.1. The quantitative estimate of drug-likeness (QED) is 0.886. The molecule has 0 bridgehead atoms. The molecule has 1 aliphatic carbocycles. The molecule has 1 unspecified atom stereocenters. The van der Waals surface area contributed by atoms with E-state index in [0.717, 1.165) is 10.0 Å². The molecule has 1 N–H and O–H groups in total. The van der Waals surface area contributed by atoms with Crippen molar-refractivity contribution in [2.24, 2.45) is 5.92 Å². The van der Waals surface area contributed by atoms with Crippen molar-refractivity contribution in [2.45, 2.75) is 44.1 Å². The van der Waals surface area contributed by atoms with E-state index >= 15 is 0 Å². The maximum Gasteiger partial charge on any atom is 0.248 e. The van der Waals surface area contributed by atoms with Gasteiger partial charge in [0.25, 0.3) is 0 Å². The third kappa shape index (κ3) is 3.51. The molecule has 100 valence electrons. The number of alkyl halides is 2. The number of aliphatic hydroxyl groups is 1. The van der Waals surface area contributed by atoms with Crippen LogP contribution in [0.15, 0.2) is 28.7 Å². The first-order valence-corrected chi connectivity index (χ1v) is 7.06. The lowest BCUT2D eigenvalue weighted by atomic mass is 9.81. The Kier molecular flexibility index (Phi) is 4.38. The van der Waals surface area contributed by atoms with Gasteiger partial charge in [0.15, 0.2) is 0 Å². The van der Waals surface area contributed by atoms with Gasteiger partial charge in [-0.3, -0.25) is 0 Å². The summed E-state index contributed by atoms with van der Waals surface area (Å²) in [4.78, 5) is 0. The fourth-order valence-corrected chi connectivity index (χ4v) is 2.95. The molecule has 0 spiro atoms. The van der Waals surface area contributed by atoms with E-state index < -0.39 is 12.0 Å². The molecule has 1 aromatic carbocycles. The van der Waals surface area contributed by atoms with Crippen molar-refractivity contribution in [3.63, 3.8) is 0 Å². The second-order valence-corrected chi connectivity index (χ2v) is 5.91. The lowest BCUT2D eigenvalue weighted by Crippen LogP contribution is -2.32. The average molecular weight is 319 g/mol. The molecule has 1 aromatic rings. The maximum absolute atomic E-state index is 13.0. The van der Waals surface area contributed by atoms with Crippen LogP contribution in [0.3, 0.4) is 0 Å². The van der Waals surface area contributed by atoms with Crippen LogP contribution in [0.5, 0.6) is 0 Å². The molecule has 0 radical (unpaired) electrons. The Morgan fingerprint density at radius 3 is 2.50 bits per heavy atom. The minimum Gasteiger partial charge on any atom is -0.392 e. The van der Waals surface area contributed by atoms with E-state index in [1.54, 1.807) is 0 Å². The van der Waals surface area contributed by atoms with Crippen LogP contribution in [0.2, 0.25) is 0 Å². The average Bonchev–Trinajstić information content (AvgIpc) is 2.32. The number of rotatable bonds is 3. The van der Waals surface area contributed by atoms with Gasteiger partial charge in [-0.1, -0.05) is 34.1 Å². The molecule has 0 aliphatic heterocycles. The molecule has 0 heterocycles. The molecule has 1 aliphatic rings. The Morgan fingerprint density at radius 2 is 1.89 bits per heavy atom. The fraction of sp³-hybridized carbons (Fsp3) is 0.571. The summed E-state index contributed by atoms with van der Waals surface area (Å²) in [5.74, 6) is -2.53. The molecule has 1 saturated carbocycles. The van der Waals surface area contributed by atoms with Gasteiger partial charge < -0.3 is 5.11 Å². The summed E-state index contributed by atoms with van der Waals surface area (Å²) in [5, 5.41) is 10.2. The number of aliphatic hydroxyl groups excluding tert-OH is 1. The van der Waals surface area contributed by atoms with E-state index in [1.165, 1.54) is 0 Å². The Hall–Kier alpha value is -0.480. The summed E-state index contributed by atoms with van der Waals surface area (Å²) in [6, 6.07) is 7.71. The van der Waals surface area contributed by atoms with Gasteiger partial charge in [0.05, 0.1) is 6.10 Å². The van der Waals surface area contributed by atoms with Crippen molar-refractivity contribution in [1.82, 2.24) is 0 Å². The van der Waals surface area contributed by atoms with Gasteiger partial charge in [-0.2, -0.15) is 0 Å². The molecular weight excluding hydrogens is 302 g/mol. The topological polar surface area (TPSA) is 20.2 Å². The molecule has 18 heavy (non-hydrogen) atoms. The van der Waals surface area contributed by atoms with Crippen LogP contribution in [0, 0.1) is 5.92 Å². The van der Waals surface area contributed by atoms with Gasteiger partial charge in [0.2, 0.25) is 5.92 Å². The molecule has 1 nitrogen and oxygen atoms in total. The monoisotopic (exact) mass is 318 g/mol. The van der Waals surface area contributed by atoms with E-state index in [9.17, 15) is 13.9 Å². The fourth-order valence-electron chi connectivity index (χ4n) is 2.50. The first kappa shape index (κ1) is 13.9. The van der Waals surface area contributed by atoms with Crippen molar-refractivity contribution < 1.29 is 13.9 Å². The molecule has 0 aromatic heterocycles. The maximum atomic E-state index is 13.0. The Balaban J connectivity index is 1.93. The predicted molar refractivity (Wildman–Crippen MR) is 70.8 cm³/mol. The second kappa shape index (κ2) is 5.66. The summed E-state index contributed by atoms with van der Waals surface area (Å²) < 4.78 is 27.0. The van der Waals surface area contributed by atoms with Gasteiger partial charge in [0, 0.05) is 17.3 Å². The van der Waals surface area contributed by atoms with Crippen molar-refractivity contribution in [3.05, 3.63) is 34.3 Å². The van der Waals surface area contributed by atoms with Crippen LogP contribution < -0.4 is 0 Å². The summed E-state index contributed by atoms with van der Waals surface area (Å²) in [6.07, 6.45) is 0.643. The Labute approximate surface area is 114 Å². The normalized spacial score (nSPS) is 21.8. The first-order chi connectivity index (χ1) is 8.48. The van der Waals surface area contributed by atoms with E-state index in [-0.39, 0.29) is 18.8 Å². The lowest BCUT2D eigenvalue weighted by Gasteiger charge is -2.31. The van der Waals surface area contributed by atoms with Gasteiger partial charge in [-0.05, 0) is 36.8 Å². The molecule has 0 saturated heterocycles. The summed E-state index contributed by atoms with van der Waals surface area (Å²) in [5.41, 5.74) is 1.03. The smallest absolute Gasteiger partial charge is 0.248 e. The van der Waals surface area contributed by atoms with E-state index in [0.29, 0.717) is 19.3 Å². The van der Waals surface area contributed by atoms with Crippen molar-refractivity contribution in [2.75, 3.05) is 0 Å². The van der Waals surface area contributed by atoms with Crippen molar-refractivity contribution >= 4 is 15.9 Å². The van der Waals surface area contributed by atoms with Crippen LogP contribution in [0.1, 0.15) is 31.2 Å².